The van der Waals surface area contributed by atoms with Crippen LogP contribution >= 0.6 is 12.4 Å². The summed E-state index contributed by atoms with van der Waals surface area (Å²) in [5.41, 5.74) is 0. The lowest BCUT2D eigenvalue weighted by Gasteiger charge is -2.33. The molecule has 1 heterocycles. The second-order valence-electron chi connectivity index (χ2n) is 4.42. The molecule has 0 radical (unpaired) electrons. The number of nitrogens with one attached hydrogen (secondary N) is 1. The van der Waals surface area contributed by atoms with E-state index in [9.17, 15) is 8.78 Å². The van der Waals surface area contributed by atoms with E-state index < -0.39 is 5.92 Å². The van der Waals surface area contributed by atoms with Crippen molar-refractivity contribution in [2.75, 3.05) is 6.54 Å². The standard InChI is InChI=1S/C10H17F2N.ClH/c11-10(12)5-6-13-9(7-10)8-3-1-2-4-8;/h8-9,13H,1-7H2;1H. The average Bonchev–Trinajstić information content (AvgIpc) is 2.53. The lowest BCUT2D eigenvalue weighted by atomic mass is 9.89. The fourth-order valence-corrected chi connectivity index (χ4v) is 2.63. The normalized spacial score (nSPS) is 32.6. The van der Waals surface area contributed by atoms with Crippen LogP contribution in [0.25, 0.3) is 0 Å². The van der Waals surface area contributed by atoms with Gasteiger partial charge in [-0.3, -0.25) is 0 Å². The van der Waals surface area contributed by atoms with Crippen molar-refractivity contribution in [3.63, 3.8) is 0 Å². The maximum absolute atomic E-state index is 13.1. The average molecular weight is 226 g/mol. The maximum Gasteiger partial charge on any atom is 0.250 e. The molecule has 0 aromatic rings. The monoisotopic (exact) mass is 225 g/mol. The van der Waals surface area contributed by atoms with Gasteiger partial charge in [0.1, 0.15) is 0 Å². The van der Waals surface area contributed by atoms with Gasteiger partial charge in [-0.1, -0.05) is 12.8 Å². The molecule has 2 fully saturated rings. The predicted octanol–water partition coefficient (Wildman–Crippen LogP) is 2.99. The molecule has 0 amide bonds. The first kappa shape index (κ1) is 12.2. The van der Waals surface area contributed by atoms with Crippen LogP contribution < -0.4 is 5.32 Å². The van der Waals surface area contributed by atoms with Gasteiger partial charge >= 0.3 is 0 Å². The van der Waals surface area contributed by atoms with Gasteiger partial charge in [0.2, 0.25) is 0 Å². The Bertz CT molecular complexity index is 181. The highest BCUT2D eigenvalue weighted by atomic mass is 35.5. The summed E-state index contributed by atoms with van der Waals surface area (Å²) in [5.74, 6) is -1.88. The molecule has 1 nitrogen and oxygen atoms in total. The third kappa shape index (κ3) is 2.80. The van der Waals surface area contributed by atoms with Crippen molar-refractivity contribution in [2.24, 2.45) is 5.92 Å². The van der Waals surface area contributed by atoms with Gasteiger partial charge in [-0.15, -0.1) is 12.4 Å². The van der Waals surface area contributed by atoms with Crippen LogP contribution in [0, 0.1) is 5.92 Å². The number of hydrogen-bond donors (Lipinski definition) is 1. The molecule has 1 saturated carbocycles. The van der Waals surface area contributed by atoms with E-state index in [4.69, 9.17) is 0 Å². The van der Waals surface area contributed by atoms with Gasteiger partial charge in [0.05, 0.1) is 0 Å². The molecule has 84 valence electrons. The first-order valence-electron chi connectivity index (χ1n) is 5.29. The molecule has 14 heavy (non-hydrogen) atoms. The number of piperidine rings is 1. The van der Waals surface area contributed by atoms with Crippen molar-refractivity contribution in [2.45, 2.75) is 50.5 Å². The predicted molar refractivity (Wildman–Crippen MR) is 55.2 cm³/mol. The van der Waals surface area contributed by atoms with Crippen LogP contribution in [0.5, 0.6) is 0 Å². The number of hydrogen-bond acceptors (Lipinski definition) is 1. The van der Waals surface area contributed by atoms with Crippen LogP contribution in [0.3, 0.4) is 0 Å². The van der Waals surface area contributed by atoms with E-state index >= 15 is 0 Å². The summed E-state index contributed by atoms with van der Waals surface area (Å²) in [6.45, 7) is 0.494. The Morgan fingerprint density at radius 2 is 1.79 bits per heavy atom. The summed E-state index contributed by atoms with van der Waals surface area (Å²) in [6.07, 6.45) is 4.85. The van der Waals surface area contributed by atoms with Crippen molar-refractivity contribution < 1.29 is 8.78 Å². The molecule has 1 N–H and O–H groups in total. The van der Waals surface area contributed by atoms with Crippen LogP contribution in [0.15, 0.2) is 0 Å². The van der Waals surface area contributed by atoms with E-state index in [0.29, 0.717) is 12.5 Å². The molecular formula is C10H18ClF2N. The molecule has 1 saturated heterocycles. The number of halogens is 3. The van der Waals surface area contributed by atoms with Gasteiger partial charge in [0, 0.05) is 25.4 Å². The quantitative estimate of drug-likeness (QED) is 0.724. The topological polar surface area (TPSA) is 12.0 Å². The molecule has 1 atom stereocenters. The van der Waals surface area contributed by atoms with E-state index in [0.717, 1.165) is 12.8 Å². The van der Waals surface area contributed by atoms with Gasteiger partial charge in [-0.2, -0.15) is 0 Å². The fraction of sp³-hybridized carbons (Fsp3) is 1.00. The SMILES string of the molecule is Cl.FC1(F)CCNC(C2CCCC2)C1. The van der Waals surface area contributed by atoms with E-state index in [1.807, 2.05) is 0 Å². The Morgan fingerprint density at radius 1 is 1.14 bits per heavy atom. The molecule has 1 unspecified atom stereocenters. The Morgan fingerprint density at radius 3 is 2.36 bits per heavy atom. The number of alkyl halides is 2. The summed E-state index contributed by atoms with van der Waals surface area (Å²) < 4.78 is 26.1. The van der Waals surface area contributed by atoms with Crippen molar-refractivity contribution in [3.05, 3.63) is 0 Å². The molecule has 0 spiro atoms. The summed E-state index contributed by atoms with van der Waals surface area (Å²) in [4.78, 5) is 0. The zero-order valence-electron chi connectivity index (χ0n) is 8.27. The third-order valence-corrected chi connectivity index (χ3v) is 3.38. The number of rotatable bonds is 1. The molecule has 4 heteroatoms. The lowest BCUT2D eigenvalue weighted by Crippen LogP contribution is -2.46. The Hall–Kier alpha value is 0.110. The molecule has 1 aliphatic heterocycles. The van der Waals surface area contributed by atoms with Crippen molar-refractivity contribution >= 4 is 12.4 Å². The summed E-state index contributed by atoms with van der Waals surface area (Å²) in [5, 5.41) is 3.24. The van der Waals surface area contributed by atoms with Gasteiger partial charge in [0.25, 0.3) is 5.92 Å². The Labute approximate surface area is 90.0 Å². The Kier molecular flexibility index (Phi) is 4.14. The van der Waals surface area contributed by atoms with E-state index in [2.05, 4.69) is 5.32 Å². The van der Waals surface area contributed by atoms with Crippen LogP contribution in [0.1, 0.15) is 38.5 Å². The van der Waals surface area contributed by atoms with Gasteiger partial charge in [0.15, 0.2) is 0 Å². The molecule has 2 aliphatic rings. The molecule has 2 rings (SSSR count). The maximum atomic E-state index is 13.1. The smallest absolute Gasteiger partial charge is 0.250 e. The molecular weight excluding hydrogens is 208 g/mol. The highest BCUT2D eigenvalue weighted by Gasteiger charge is 2.39. The van der Waals surface area contributed by atoms with E-state index in [1.54, 1.807) is 0 Å². The summed E-state index contributed by atoms with van der Waals surface area (Å²) >= 11 is 0. The second kappa shape index (κ2) is 4.75. The highest BCUT2D eigenvalue weighted by Crippen LogP contribution is 2.36. The molecule has 0 aromatic carbocycles. The van der Waals surface area contributed by atoms with Gasteiger partial charge < -0.3 is 5.32 Å². The second-order valence-corrected chi connectivity index (χ2v) is 4.42. The minimum absolute atomic E-state index is 0. The van der Waals surface area contributed by atoms with Crippen molar-refractivity contribution in [1.82, 2.24) is 5.32 Å². The fourth-order valence-electron chi connectivity index (χ4n) is 2.63. The zero-order valence-corrected chi connectivity index (χ0v) is 9.09. The highest BCUT2D eigenvalue weighted by molar-refractivity contribution is 5.85. The van der Waals surface area contributed by atoms with Gasteiger partial charge in [-0.05, 0) is 18.8 Å². The van der Waals surface area contributed by atoms with Gasteiger partial charge in [-0.25, -0.2) is 8.78 Å². The first-order chi connectivity index (χ1) is 6.17. The minimum Gasteiger partial charge on any atom is -0.313 e. The van der Waals surface area contributed by atoms with Crippen LogP contribution in [-0.2, 0) is 0 Å². The van der Waals surface area contributed by atoms with Crippen molar-refractivity contribution in [1.29, 1.82) is 0 Å². The minimum atomic E-state index is -2.40. The van der Waals surface area contributed by atoms with Crippen LogP contribution in [-0.4, -0.2) is 18.5 Å². The largest absolute Gasteiger partial charge is 0.313 e. The molecule has 0 aromatic heterocycles. The van der Waals surface area contributed by atoms with E-state index in [1.165, 1.54) is 12.8 Å². The lowest BCUT2D eigenvalue weighted by molar-refractivity contribution is -0.0480. The first-order valence-corrected chi connectivity index (χ1v) is 5.29. The van der Waals surface area contributed by atoms with Crippen LogP contribution in [0.2, 0.25) is 0 Å². The van der Waals surface area contributed by atoms with E-state index in [-0.39, 0.29) is 31.3 Å². The van der Waals surface area contributed by atoms with Crippen molar-refractivity contribution in [3.8, 4) is 0 Å². The zero-order chi connectivity index (χ0) is 9.31. The van der Waals surface area contributed by atoms with Crippen LogP contribution in [0.4, 0.5) is 8.78 Å². The Balaban J connectivity index is 0.000000980. The molecule has 0 bridgehead atoms. The summed E-state index contributed by atoms with van der Waals surface area (Å²) in [7, 11) is 0. The third-order valence-electron chi connectivity index (χ3n) is 3.38. The molecule has 1 aliphatic carbocycles. The summed E-state index contributed by atoms with van der Waals surface area (Å²) in [6, 6.07) is 0.0891.